The number of halogens is 1. The van der Waals surface area contributed by atoms with Crippen LogP contribution >= 0.6 is 22.9 Å². The maximum Gasteiger partial charge on any atom is 0.253 e. The number of sulfone groups is 1. The molecule has 0 radical (unpaired) electrons. The van der Waals surface area contributed by atoms with Gasteiger partial charge >= 0.3 is 0 Å². The van der Waals surface area contributed by atoms with Crippen LogP contribution in [0.1, 0.15) is 0 Å². The summed E-state index contributed by atoms with van der Waals surface area (Å²) in [7, 11) is -2.19. The molecule has 7 nitrogen and oxygen atoms in total. The number of benzene rings is 2. The van der Waals surface area contributed by atoms with Crippen molar-refractivity contribution in [2.45, 2.75) is 4.90 Å². The van der Waals surface area contributed by atoms with E-state index in [2.05, 4.69) is 15.8 Å². The molecule has 0 aliphatic heterocycles. The fourth-order valence-corrected chi connectivity index (χ4v) is 4.25. The standard InChI is InChI=1S/C16H14ClN3O4S2/c1-24-11-4-7-13-14(8-11)25-16(18-13)20-19-15(21)9-26(22,23)12-5-2-10(17)3-6-12/h2-8H,9H2,1H3,(H,18,20)(H,19,21). The molecule has 0 aliphatic rings. The van der Waals surface area contributed by atoms with Crippen molar-refractivity contribution in [3.05, 3.63) is 47.5 Å². The molecule has 1 aromatic heterocycles. The summed E-state index contributed by atoms with van der Waals surface area (Å²) in [6.07, 6.45) is 0. The highest BCUT2D eigenvalue weighted by Crippen LogP contribution is 2.28. The van der Waals surface area contributed by atoms with Crippen LogP contribution in [-0.4, -0.2) is 32.2 Å². The number of hydrazine groups is 1. The lowest BCUT2D eigenvalue weighted by molar-refractivity contribution is -0.118. The van der Waals surface area contributed by atoms with E-state index in [1.54, 1.807) is 19.2 Å². The Morgan fingerprint density at radius 2 is 1.96 bits per heavy atom. The Kier molecular flexibility index (Phi) is 5.30. The quantitative estimate of drug-likeness (QED) is 0.605. The van der Waals surface area contributed by atoms with E-state index in [9.17, 15) is 13.2 Å². The molecule has 26 heavy (non-hydrogen) atoms. The molecule has 0 saturated heterocycles. The third-order valence-electron chi connectivity index (χ3n) is 3.40. The molecule has 2 N–H and O–H groups in total. The van der Waals surface area contributed by atoms with E-state index in [1.807, 2.05) is 6.07 Å². The van der Waals surface area contributed by atoms with Crippen molar-refractivity contribution < 1.29 is 17.9 Å². The normalized spacial score (nSPS) is 11.3. The summed E-state index contributed by atoms with van der Waals surface area (Å²) >= 11 is 7.04. The average Bonchev–Trinajstić information content (AvgIpc) is 3.02. The van der Waals surface area contributed by atoms with Crippen LogP contribution in [0.2, 0.25) is 5.02 Å². The number of hydrogen-bond acceptors (Lipinski definition) is 7. The fraction of sp³-hybridized carbons (Fsp3) is 0.125. The lowest BCUT2D eigenvalue weighted by Gasteiger charge is -2.06. The van der Waals surface area contributed by atoms with E-state index < -0.39 is 21.5 Å². The topological polar surface area (TPSA) is 97.4 Å². The maximum absolute atomic E-state index is 12.2. The number of anilines is 1. The first-order valence-electron chi connectivity index (χ1n) is 7.35. The van der Waals surface area contributed by atoms with Gasteiger partial charge in [0.15, 0.2) is 9.84 Å². The van der Waals surface area contributed by atoms with Crippen molar-refractivity contribution in [3.63, 3.8) is 0 Å². The van der Waals surface area contributed by atoms with Gasteiger partial charge in [-0.05, 0) is 42.5 Å². The molecule has 1 amide bonds. The number of hydrogen-bond donors (Lipinski definition) is 2. The number of nitrogens with zero attached hydrogens (tertiary/aromatic N) is 1. The smallest absolute Gasteiger partial charge is 0.253 e. The van der Waals surface area contributed by atoms with Gasteiger partial charge in [0.25, 0.3) is 5.91 Å². The van der Waals surface area contributed by atoms with Gasteiger partial charge in [-0.1, -0.05) is 22.9 Å². The molecule has 3 rings (SSSR count). The van der Waals surface area contributed by atoms with Gasteiger partial charge in [0.05, 0.1) is 22.2 Å². The van der Waals surface area contributed by atoms with Gasteiger partial charge in [-0.25, -0.2) is 13.4 Å². The van der Waals surface area contributed by atoms with E-state index >= 15 is 0 Å². The minimum Gasteiger partial charge on any atom is -0.497 e. The lowest BCUT2D eigenvalue weighted by atomic mass is 10.3. The zero-order valence-electron chi connectivity index (χ0n) is 13.5. The molecule has 10 heteroatoms. The number of aromatic nitrogens is 1. The molecule has 0 bridgehead atoms. The SMILES string of the molecule is COc1ccc2nc(NNC(=O)CS(=O)(=O)c3ccc(Cl)cc3)sc2c1. The van der Waals surface area contributed by atoms with Gasteiger partial charge in [0, 0.05) is 5.02 Å². The number of carbonyl (C=O) groups excluding carboxylic acids is 1. The minimum atomic E-state index is -3.76. The van der Waals surface area contributed by atoms with Gasteiger partial charge in [-0.15, -0.1) is 0 Å². The number of thiazole rings is 1. The van der Waals surface area contributed by atoms with Crippen LogP contribution in [0.25, 0.3) is 10.2 Å². The van der Waals surface area contributed by atoms with Crippen molar-refractivity contribution in [1.29, 1.82) is 0 Å². The molecule has 2 aromatic carbocycles. The van der Waals surface area contributed by atoms with Crippen LogP contribution in [0.15, 0.2) is 47.4 Å². The van der Waals surface area contributed by atoms with Crippen LogP contribution in [0.5, 0.6) is 5.75 Å². The third kappa shape index (κ3) is 4.24. The second-order valence-electron chi connectivity index (χ2n) is 5.24. The molecule has 0 fully saturated rings. The van der Waals surface area contributed by atoms with Crippen molar-refractivity contribution in [1.82, 2.24) is 10.4 Å². The molecular weight excluding hydrogens is 398 g/mol. The summed E-state index contributed by atoms with van der Waals surface area (Å²) in [5.41, 5.74) is 5.72. The van der Waals surface area contributed by atoms with Gasteiger partial charge in [-0.3, -0.25) is 15.6 Å². The van der Waals surface area contributed by atoms with Gasteiger partial charge in [0.2, 0.25) is 5.13 Å². The zero-order valence-corrected chi connectivity index (χ0v) is 15.9. The summed E-state index contributed by atoms with van der Waals surface area (Å²) in [6.45, 7) is 0. The van der Waals surface area contributed by atoms with Crippen LogP contribution in [0.3, 0.4) is 0 Å². The molecule has 0 atom stereocenters. The largest absolute Gasteiger partial charge is 0.497 e. The van der Waals surface area contributed by atoms with Gasteiger partial charge < -0.3 is 4.74 Å². The number of methoxy groups -OCH3 is 1. The first-order valence-corrected chi connectivity index (χ1v) is 10.2. The fourth-order valence-electron chi connectivity index (χ4n) is 2.14. The Labute approximate surface area is 158 Å². The summed E-state index contributed by atoms with van der Waals surface area (Å²) in [4.78, 5) is 16.3. The monoisotopic (exact) mass is 411 g/mol. The third-order valence-corrected chi connectivity index (χ3v) is 6.22. The second-order valence-corrected chi connectivity index (χ2v) is 8.70. The van der Waals surface area contributed by atoms with Crippen molar-refractivity contribution in [2.75, 3.05) is 18.3 Å². The molecule has 1 heterocycles. The molecule has 0 aliphatic carbocycles. The van der Waals surface area contributed by atoms with E-state index in [-0.39, 0.29) is 4.90 Å². The first-order chi connectivity index (χ1) is 12.4. The number of amides is 1. The van der Waals surface area contributed by atoms with E-state index in [0.29, 0.717) is 15.9 Å². The predicted octanol–water partition coefficient (Wildman–Crippen LogP) is 2.88. The highest BCUT2D eigenvalue weighted by molar-refractivity contribution is 7.92. The summed E-state index contributed by atoms with van der Waals surface area (Å²) in [6, 6.07) is 11.0. The van der Waals surface area contributed by atoms with Gasteiger partial charge in [-0.2, -0.15) is 0 Å². The molecule has 0 saturated carbocycles. The Balaban J connectivity index is 1.64. The Hall–Kier alpha value is -2.36. The molecule has 3 aromatic rings. The maximum atomic E-state index is 12.2. The Bertz CT molecular complexity index is 1050. The minimum absolute atomic E-state index is 0.0316. The van der Waals surface area contributed by atoms with Crippen molar-refractivity contribution in [3.8, 4) is 5.75 Å². The van der Waals surface area contributed by atoms with Crippen LogP contribution in [0, 0.1) is 0 Å². The number of ether oxygens (including phenoxy) is 1. The number of carbonyl (C=O) groups is 1. The van der Waals surface area contributed by atoms with E-state index in [1.165, 1.54) is 35.6 Å². The molecular formula is C16H14ClN3O4S2. The molecule has 0 spiro atoms. The number of nitrogens with one attached hydrogen (secondary N) is 2. The lowest BCUT2D eigenvalue weighted by Crippen LogP contribution is -2.34. The average molecular weight is 412 g/mol. The van der Waals surface area contributed by atoms with E-state index in [0.717, 1.165) is 10.2 Å². The summed E-state index contributed by atoms with van der Waals surface area (Å²) in [5, 5.41) is 0.855. The highest BCUT2D eigenvalue weighted by atomic mass is 35.5. The Morgan fingerprint density at radius 1 is 1.23 bits per heavy atom. The Morgan fingerprint density at radius 3 is 2.65 bits per heavy atom. The van der Waals surface area contributed by atoms with Crippen LogP contribution < -0.4 is 15.6 Å². The van der Waals surface area contributed by atoms with Crippen molar-refractivity contribution in [2.24, 2.45) is 0 Å². The highest BCUT2D eigenvalue weighted by Gasteiger charge is 2.19. The zero-order chi connectivity index (χ0) is 18.7. The summed E-state index contributed by atoms with van der Waals surface area (Å²) in [5.74, 6) is -0.692. The molecule has 0 unspecified atom stereocenters. The number of rotatable bonds is 6. The van der Waals surface area contributed by atoms with Gasteiger partial charge in [0.1, 0.15) is 11.5 Å². The van der Waals surface area contributed by atoms with Crippen molar-refractivity contribution >= 4 is 54.0 Å². The molecule has 136 valence electrons. The second kappa shape index (κ2) is 7.48. The predicted molar refractivity (Wildman–Crippen MR) is 101 cm³/mol. The first kappa shape index (κ1) is 18.4. The number of fused-ring (bicyclic) bond motifs is 1. The van der Waals surface area contributed by atoms with E-state index in [4.69, 9.17) is 16.3 Å². The van der Waals surface area contributed by atoms with Crippen LogP contribution in [-0.2, 0) is 14.6 Å². The van der Waals surface area contributed by atoms with Crippen LogP contribution in [0.4, 0.5) is 5.13 Å². The summed E-state index contributed by atoms with van der Waals surface area (Å²) < 4.78 is 30.5.